The summed E-state index contributed by atoms with van der Waals surface area (Å²) in [6, 6.07) is 18.6. The molecule has 0 aromatic heterocycles. The van der Waals surface area contributed by atoms with Crippen molar-refractivity contribution in [1.82, 2.24) is 5.32 Å². The molecule has 0 unspecified atom stereocenters. The first kappa shape index (κ1) is 18.5. The number of rotatable bonds is 5. The SMILES string of the molecule is CC(C)c1ccccc1NC(=O)NCC1(c2ccccc2)CCCCC1. The highest BCUT2D eigenvalue weighted by Crippen LogP contribution is 2.39. The zero-order chi connectivity index (χ0) is 18.4. The number of hydrogen-bond donors (Lipinski definition) is 2. The second kappa shape index (κ2) is 8.39. The number of urea groups is 1. The Bertz CT molecular complexity index is 718. The van der Waals surface area contributed by atoms with Crippen LogP contribution in [0.4, 0.5) is 10.5 Å². The first-order valence-electron chi connectivity index (χ1n) is 9.80. The number of hydrogen-bond acceptors (Lipinski definition) is 1. The summed E-state index contributed by atoms with van der Waals surface area (Å²) in [4.78, 5) is 12.6. The smallest absolute Gasteiger partial charge is 0.319 e. The van der Waals surface area contributed by atoms with Crippen LogP contribution in [-0.2, 0) is 5.41 Å². The summed E-state index contributed by atoms with van der Waals surface area (Å²) in [5.41, 5.74) is 3.48. The molecule has 1 saturated carbocycles. The second-order valence-electron chi connectivity index (χ2n) is 7.76. The number of nitrogens with one attached hydrogen (secondary N) is 2. The van der Waals surface area contributed by atoms with Gasteiger partial charge in [0.25, 0.3) is 0 Å². The molecule has 1 fully saturated rings. The van der Waals surface area contributed by atoms with Crippen molar-refractivity contribution in [1.29, 1.82) is 0 Å². The molecule has 138 valence electrons. The minimum atomic E-state index is -0.112. The van der Waals surface area contributed by atoms with Gasteiger partial charge < -0.3 is 10.6 Å². The lowest BCUT2D eigenvalue weighted by Crippen LogP contribution is -2.43. The van der Waals surface area contributed by atoms with E-state index in [9.17, 15) is 4.79 Å². The molecule has 0 atom stereocenters. The maximum Gasteiger partial charge on any atom is 0.319 e. The van der Waals surface area contributed by atoms with Crippen LogP contribution in [0.1, 0.15) is 63.0 Å². The number of anilines is 1. The van der Waals surface area contributed by atoms with Gasteiger partial charge in [0.05, 0.1) is 0 Å². The molecule has 2 amide bonds. The van der Waals surface area contributed by atoms with Gasteiger partial charge >= 0.3 is 6.03 Å². The monoisotopic (exact) mass is 350 g/mol. The van der Waals surface area contributed by atoms with Gasteiger partial charge in [-0.25, -0.2) is 4.79 Å². The molecule has 0 spiro atoms. The lowest BCUT2D eigenvalue weighted by molar-refractivity contribution is 0.240. The molecule has 2 aromatic carbocycles. The van der Waals surface area contributed by atoms with Crippen LogP contribution in [0.2, 0.25) is 0 Å². The molecule has 0 bridgehead atoms. The largest absolute Gasteiger partial charge is 0.337 e. The van der Waals surface area contributed by atoms with Gasteiger partial charge in [0.1, 0.15) is 0 Å². The standard InChI is InChI=1S/C23H30N2O/c1-18(2)20-13-7-8-14-21(20)25-22(26)24-17-23(15-9-4-10-16-23)19-11-5-3-6-12-19/h3,5-8,11-14,18H,4,9-10,15-17H2,1-2H3,(H2,24,25,26). The number of para-hydroxylation sites is 1. The van der Waals surface area contributed by atoms with Gasteiger partial charge in [-0.05, 0) is 36.0 Å². The third kappa shape index (κ3) is 4.27. The molecule has 0 aliphatic heterocycles. The Morgan fingerprint density at radius 2 is 1.62 bits per heavy atom. The van der Waals surface area contributed by atoms with Crippen molar-refractivity contribution < 1.29 is 4.79 Å². The number of benzene rings is 2. The zero-order valence-corrected chi connectivity index (χ0v) is 15.9. The quantitative estimate of drug-likeness (QED) is 0.699. The van der Waals surface area contributed by atoms with E-state index in [2.05, 4.69) is 60.9 Å². The molecule has 1 aliphatic rings. The fraction of sp³-hybridized carbons (Fsp3) is 0.435. The van der Waals surface area contributed by atoms with Gasteiger partial charge in [0.15, 0.2) is 0 Å². The summed E-state index contributed by atoms with van der Waals surface area (Å²) in [6.45, 7) is 4.97. The average Bonchev–Trinajstić information content (AvgIpc) is 2.68. The Kier molecular flexibility index (Phi) is 5.97. The van der Waals surface area contributed by atoms with E-state index in [1.54, 1.807) is 0 Å². The molecule has 0 saturated heterocycles. The van der Waals surface area contributed by atoms with E-state index in [0.29, 0.717) is 12.5 Å². The third-order valence-electron chi connectivity index (χ3n) is 5.62. The molecular formula is C23H30N2O. The Morgan fingerprint density at radius 3 is 2.31 bits per heavy atom. The fourth-order valence-electron chi connectivity index (χ4n) is 4.12. The van der Waals surface area contributed by atoms with Crippen molar-refractivity contribution in [2.45, 2.75) is 57.3 Å². The van der Waals surface area contributed by atoms with Crippen molar-refractivity contribution in [3.63, 3.8) is 0 Å². The molecule has 1 aliphatic carbocycles. The first-order valence-corrected chi connectivity index (χ1v) is 9.80. The van der Waals surface area contributed by atoms with E-state index in [4.69, 9.17) is 0 Å². The van der Waals surface area contributed by atoms with Crippen LogP contribution < -0.4 is 10.6 Å². The van der Waals surface area contributed by atoms with Gasteiger partial charge in [0.2, 0.25) is 0 Å². The predicted molar refractivity (Wildman–Crippen MR) is 109 cm³/mol. The lowest BCUT2D eigenvalue weighted by atomic mass is 9.69. The molecule has 2 aromatic rings. The van der Waals surface area contributed by atoms with E-state index >= 15 is 0 Å². The van der Waals surface area contributed by atoms with Crippen LogP contribution in [0.5, 0.6) is 0 Å². The van der Waals surface area contributed by atoms with Crippen LogP contribution in [0.15, 0.2) is 54.6 Å². The fourth-order valence-corrected chi connectivity index (χ4v) is 4.12. The highest BCUT2D eigenvalue weighted by molar-refractivity contribution is 5.90. The Labute approximate surface area is 157 Å². The summed E-state index contributed by atoms with van der Waals surface area (Å²) >= 11 is 0. The molecule has 0 heterocycles. The molecule has 26 heavy (non-hydrogen) atoms. The van der Waals surface area contributed by atoms with Gasteiger partial charge in [-0.3, -0.25) is 0 Å². The van der Waals surface area contributed by atoms with Crippen molar-refractivity contribution in [2.24, 2.45) is 0 Å². The number of carbonyl (C=O) groups excluding carboxylic acids is 1. The van der Waals surface area contributed by atoms with Crippen LogP contribution >= 0.6 is 0 Å². The molecule has 3 rings (SSSR count). The van der Waals surface area contributed by atoms with Crippen LogP contribution in [0.3, 0.4) is 0 Å². The predicted octanol–water partition coefficient (Wildman–Crippen LogP) is 5.83. The Morgan fingerprint density at radius 1 is 0.962 bits per heavy atom. The summed E-state index contributed by atoms with van der Waals surface area (Å²) in [5, 5.41) is 6.21. The van der Waals surface area contributed by atoms with Gasteiger partial charge in [-0.2, -0.15) is 0 Å². The highest BCUT2D eigenvalue weighted by Gasteiger charge is 2.34. The highest BCUT2D eigenvalue weighted by atomic mass is 16.2. The van der Waals surface area contributed by atoms with Crippen LogP contribution in [0.25, 0.3) is 0 Å². The van der Waals surface area contributed by atoms with E-state index in [0.717, 1.165) is 24.1 Å². The van der Waals surface area contributed by atoms with E-state index in [1.807, 2.05) is 18.2 Å². The zero-order valence-electron chi connectivity index (χ0n) is 15.9. The Hall–Kier alpha value is -2.29. The van der Waals surface area contributed by atoms with Gasteiger partial charge in [0, 0.05) is 17.6 Å². The van der Waals surface area contributed by atoms with Crippen molar-refractivity contribution in [2.75, 3.05) is 11.9 Å². The van der Waals surface area contributed by atoms with Gasteiger partial charge in [-0.15, -0.1) is 0 Å². The third-order valence-corrected chi connectivity index (χ3v) is 5.62. The van der Waals surface area contributed by atoms with Crippen LogP contribution in [-0.4, -0.2) is 12.6 Å². The van der Waals surface area contributed by atoms with Crippen molar-refractivity contribution >= 4 is 11.7 Å². The normalized spacial score (nSPS) is 16.3. The van der Waals surface area contributed by atoms with E-state index in [1.165, 1.54) is 24.8 Å². The summed E-state index contributed by atoms with van der Waals surface area (Å²) in [7, 11) is 0. The number of carbonyl (C=O) groups is 1. The molecular weight excluding hydrogens is 320 g/mol. The van der Waals surface area contributed by atoms with E-state index < -0.39 is 0 Å². The van der Waals surface area contributed by atoms with Crippen molar-refractivity contribution in [3.05, 3.63) is 65.7 Å². The number of amides is 2. The van der Waals surface area contributed by atoms with Gasteiger partial charge in [-0.1, -0.05) is 81.6 Å². The molecule has 0 radical (unpaired) electrons. The molecule has 3 nitrogen and oxygen atoms in total. The maximum atomic E-state index is 12.6. The summed E-state index contributed by atoms with van der Waals surface area (Å²) in [6.07, 6.45) is 6.03. The summed E-state index contributed by atoms with van der Waals surface area (Å²) in [5.74, 6) is 0.375. The maximum absolute atomic E-state index is 12.6. The topological polar surface area (TPSA) is 41.1 Å². The van der Waals surface area contributed by atoms with Crippen LogP contribution in [0, 0.1) is 0 Å². The van der Waals surface area contributed by atoms with E-state index in [-0.39, 0.29) is 11.4 Å². The second-order valence-corrected chi connectivity index (χ2v) is 7.76. The lowest BCUT2D eigenvalue weighted by Gasteiger charge is -2.38. The minimum Gasteiger partial charge on any atom is -0.337 e. The summed E-state index contributed by atoms with van der Waals surface area (Å²) < 4.78 is 0. The van der Waals surface area contributed by atoms with Crippen molar-refractivity contribution in [3.8, 4) is 0 Å². The average molecular weight is 351 g/mol. The first-order chi connectivity index (χ1) is 12.6. The minimum absolute atomic E-state index is 0.0639. The Balaban J connectivity index is 1.69. The molecule has 3 heteroatoms. The molecule has 2 N–H and O–H groups in total.